The van der Waals surface area contributed by atoms with Crippen molar-refractivity contribution in [1.82, 2.24) is 14.7 Å². The van der Waals surface area contributed by atoms with E-state index in [2.05, 4.69) is 5.10 Å². The van der Waals surface area contributed by atoms with Crippen LogP contribution in [0.15, 0.2) is 35.1 Å². The van der Waals surface area contributed by atoms with Crippen molar-refractivity contribution in [2.75, 3.05) is 27.3 Å². The van der Waals surface area contributed by atoms with Crippen LogP contribution in [0, 0.1) is 0 Å². The fourth-order valence-corrected chi connectivity index (χ4v) is 3.32. The number of hydrogen-bond acceptors (Lipinski definition) is 6. The summed E-state index contributed by atoms with van der Waals surface area (Å²) in [4.78, 5) is 26.6. The Kier molecular flexibility index (Phi) is 5.99. The SMILES string of the molecule is COc1ccc(-c2ccc(=O)n(CC(=O)N3CC(C)OC(C)C3)n2)cc1OC. The van der Waals surface area contributed by atoms with E-state index in [1.807, 2.05) is 19.9 Å². The molecule has 3 rings (SSSR count). The molecular weight excluding hydrogens is 362 g/mol. The number of carbonyl (C=O) groups is 1. The van der Waals surface area contributed by atoms with Crippen molar-refractivity contribution in [1.29, 1.82) is 0 Å². The lowest BCUT2D eigenvalue weighted by atomic mass is 10.1. The molecule has 0 N–H and O–H groups in total. The molecule has 2 aromatic rings. The maximum atomic E-state index is 12.7. The fourth-order valence-electron chi connectivity index (χ4n) is 3.32. The van der Waals surface area contributed by atoms with Gasteiger partial charge in [-0.25, -0.2) is 4.68 Å². The second-order valence-electron chi connectivity index (χ2n) is 6.84. The Morgan fingerprint density at radius 3 is 2.43 bits per heavy atom. The summed E-state index contributed by atoms with van der Waals surface area (Å²) in [5.41, 5.74) is 0.997. The Hall–Kier alpha value is -2.87. The van der Waals surface area contributed by atoms with Crippen LogP contribution in [0.4, 0.5) is 0 Å². The molecule has 1 aliphatic heterocycles. The highest BCUT2D eigenvalue weighted by molar-refractivity contribution is 5.76. The second kappa shape index (κ2) is 8.43. The minimum absolute atomic E-state index is 0.0320. The second-order valence-corrected chi connectivity index (χ2v) is 6.84. The van der Waals surface area contributed by atoms with Crippen LogP contribution in [0.2, 0.25) is 0 Å². The molecule has 0 aliphatic carbocycles. The van der Waals surface area contributed by atoms with Crippen molar-refractivity contribution in [3.05, 3.63) is 40.7 Å². The first-order chi connectivity index (χ1) is 13.4. The maximum Gasteiger partial charge on any atom is 0.267 e. The van der Waals surface area contributed by atoms with Crippen molar-refractivity contribution in [3.63, 3.8) is 0 Å². The molecule has 1 aliphatic rings. The first-order valence-corrected chi connectivity index (χ1v) is 9.15. The van der Waals surface area contributed by atoms with E-state index >= 15 is 0 Å². The van der Waals surface area contributed by atoms with E-state index in [1.54, 1.807) is 37.3 Å². The van der Waals surface area contributed by atoms with Gasteiger partial charge in [0.05, 0.1) is 32.1 Å². The molecule has 8 heteroatoms. The number of morpholine rings is 1. The van der Waals surface area contributed by atoms with Gasteiger partial charge in [0.2, 0.25) is 5.91 Å². The minimum Gasteiger partial charge on any atom is -0.493 e. The lowest BCUT2D eigenvalue weighted by Gasteiger charge is -2.35. The van der Waals surface area contributed by atoms with Gasteiger partial charge in [0, 0.05) is 24.7 Å². The number of benzene rings is 1. The number of nitrogens with zero attached hydrogens (tertiary/aromatic N) is 3. The predicted octanol–water partition coefficient (Wildman–Crippen LogP) is 1.56. The Morgan fingerprint density at radius 1 is 1.11 bits per heavy atom. The third-order valence-corrected chi connectivity index (χ3v) is 4.60. The number of amides is 1. The molecule has 2 unspecified atom stereocenters. The average Bonchev–Trinajstić information content (AvgIpc) is 2.68. The molecular formula is C20H25N3O5. The number of aromatic nitrogens is 2. The van der Waals surface area contributed by atoms with Gasteiger partial charge in [0.15, 0.2) is 11.5 Å². The Bertz CT molecular complexity index is 901. The maximum absolute atomic E-state index is 12.7. The van der Waals surface area contributed by atoms with Crippen LogP contribution in [0.3, 0.4) is 0 Å². The van der Waals surface area contributed by atoms with E-state index in [1.165, 1.54) is 10.7 Å². The van der Waals surface area contributed by atoms with Gasteiger partial charge in [-0.1, -0.05) is 0 Å². The molecule has 150 valence electrons. The Labute approximate surface area is 163 Å². The number of methoxy groups -OCH3 is 2. The number of rotatable bonds is 5. The molecule has 0 saturated carbocycles. The quantitative estimate of drug-likeness (QED) is 0.774. The lowest BCUT2D eigenvalue weighted by molar-refractivity contribution is -0.144. The number of ether oxygens (including phenoxy) is 3. The smallest absolute Gasteiger partial charge is 0.267 e. The molecule has 1 aromatic heterocycles. The molecule has 0 radical (unpaired) electrons. The van der Waals surface area contributed by atoms with Gasteiger partial charge in [0.25, 0.3) is 5.56 Å². The summed E-state index contributed by atoms with van der Waals surface area (Å²) in [6.45, 7) is 4.76. The first-order valence-electron chi connectivity index (χ1n) is 9.15. The standard InChI is InChI=1S/C20H25N3O5/c1-13-10-22(11-14(2)28-13)20(25)12-23-19(24)8-6-16(21-23)15-5-7-17(26-3)18(9-15)27-4/h5-9,13-14H,10-12H2,1-4H3. The summed E-state index contributed by atoms with van der Waals surface area (Å²) < 4.78 is 17.4. The fraction of sp³-hybridized carbons (Fsp3) is 0.450. The van der Waals surface area contributed by atoms with Gasteiger partial charge in [-0.15, -0.1) is 0 Å². The monoisotopic (exact) mass is 387 g/mol. The van der Waals surface area contributed by atoms with Crippen molar-refractivity contribution < 1.29 is 19.0 Å². The van der Waals surface area contributed by atoms with Gasteiger partial charge >= 0.3 is 0 Å². The summed E-state index contributed by atoms with van der Waals surface area (Å²) >= 11 is 0. The topological polar surface area (TPSA) is 82.9 Å². The minimum atomic E-state index is -0.327. The molecule has 2 atom stereocenters. The average molecular weight is 387 g/mol. The first kappa shape index (κ1) is 19.9. The Morgan fingerprint density at radius 2 is 1.79 bits per heavy atom. The van der Waals surface area contributed by atoms with Crippen LogP contribution in [0.1, 0.15) is 13.8 Å². The lowest BCUT2D eigenvalue weighted by Crippen LogP contribution is -2.49. The molecule has 8 nitrogen and oxygen atoms in total. The van der Waals surface area contributed by atoms with Crippen LogP contribution >= 0.6 is 0 Å². The highest BCUT2D eigenvalue weighted by Gasteiger charge is 2.26. The third kappa shape index (κ3) is 4.33. The molecule has 28 heavy (non-hydrogen) atoms. The summed E-state index contributed by atoms with van der Waals surface area (Å²) in [5.74, 6) is 1.01. The van der Waals surface area contributed by atoms with E-state index < -0.39 is 0 Å². The normalized spacial score (nSPS) is 19.4. The van der Waals surface area contributed by atoms with Gasteiger partial charge in [-0.2, -0.15) is 5.10 Å². The van der Waals surface area contributed by atoms with Gasteiger partial charge in [-0.3, -0.25) is 9.59 Å². The number of carbonyl (C=O) groups excluding carboxylic acids is 1. The van der Waals surface area contributed by atoms with E-state index in [0.717, 1.165) is 5.56 Å². The predicted molar refractivity (Wildman–Crippen MR) is 104 cm³/mol. The van der Waals surface area contributed by atoms with E-state index in [-0.39, 0.29) is 30.2 Å². The largest absolute Gasteiger partial charge is 0.493 e. The molecule has 2 heterocycles. The van der Waals surface area contributed by atoms with E-state index in [4.69, 9.17) is 14.2 Å². The Balaban J connectivity index is 1.84. The molecule has 0 spiro atoms. The molecule has 1 aromatic carbocycles. The zero-order valence-electron chi connectivity index (χ0n) is 16.5. The van der Waals surface area contributed by atoms with Gasteiger partial charge in [-0.05, 0) is 38.1 Å². The summed E-state index contributed by atoms with van der Waals surface area (Å²) in [7, 11) is 3.12. The van der Waals surface area contributed by atoms with Gasteiger partial charge in [0.1, 0.15) is 6.54 Å². The van der Waals surface area contributed by atoms with Crippen LogP contribution in [-0.2, 0) is 16.1 Å². The molecule has 1 saturated heterocycles. The molecule has 0 bridgehead atoms. The summed E-state index contributed by atoms with van der Waals surface area (Å²) in [6.07, 6.45) is -0.0639. The van der Waals surface area contributed by atoms with E-state index in [0.29, 0.717) is 30.3 Å². The summed E-state index contributed by atoms with van der Waals surface area (Å²) in [6, 6.07) is 8.42. The van der Waals surface area contributed by atoms with Gasteiger partial charge < -0.3 is 19.1 Å². The summed E-state index contributed by atoms with van der Waals surface area (Å²) in [5, 5.41) is 4.38. The van der Waals surface area contributed by atoms with Crippen LogP contribution in [0.5, 0.6) is 11.5 Å². The third-order valence-electron chi connectivity index (χ3n) is 4.60. The highest BCUT2D eigenvalue weighted by Crippen LogP contribution is 2.31. The number of hydrogen-bond donors (Lipinski definition) is 0. The zero-order valence-corrected chi connectivity index (χ0v) is 16.5. The molecule has 1 amide bonds. The van der Waals surface area contributed by atoms with E-state index in [9.17, 15) is 9.59 Å². The zero-order chi connectivity index (χ0) is 20.3. The molecule has 1 fully saturated rings. The van der Waals surface area contributed by atoms with Crippen LogP contribution < -0.4 is 15.0 Å². The highest BCUT2D eigenvalue weighted by atomic mass is 16.5. The van der Waals surface area contributed by atoms with Crippen molar-refractivity contribution in [3.8, 4) is 22.8 Å². The van der Waals surface area contributed by atoms with Crippen molar-refractivity contribution in [2.45, 2.75) is 32.6 Å². The van der Waals surface area contributed by atoms with Crippen LogP contribution in [-0.4, -0.2) is 60.1 Å². The van der Waals surface area contributed by atoms with Crippen LogP contribution in [0.25, 0.3) is 11.3 Å². The van der Waals surface area contributed by atoms with Crippen molar-refractivity contribution >= 4 is 5.91 Å². The van der Waals surface area contributed by atoms with Crippen molar-refractivity contribution in [2.24, 2.45) is 0 Å².